The largest absolute Gasteiger partial charge is 0.287 e. The van der Waals surface area contributed by atoms with E-state index in [-0.39, 0.29) is 0 Å². The fourth-order valence-corrected chi connectivity index (χ4v) is 1.81. The Morgan fingerprint density at radius 2 is 2.25 bits per heavy atom. The summed E-state index contributed by atoms with van der Waals surface area (Å²) in [5, 5.41) is 0.628. The molecule has 12 heavy (non-hydrogen) atoms. The number of hydrogen-bond acceptors (Lipinski definition) is 1. The molecule has 0 saturated heterocycles. The molecule has 0 fully saturated rings. The highest BCUT2D eigenvalue weighted by Crippen LogP contribution is 2.24. The highest BCUT2D eigenvalue weighted by molar-refractivity contribution is 9.10. The monoisotopic (exact) mass is 244 g/mol. The molecular formula is C8H6BrClN2. The smallest absolute Gasteiger partial charge is 0.148 e. The Kier molecular flexibility index (Phi) is 1.85. The molecule has 0 saturated carbocycles. The summed E-state index contributed by atoms with van der Waals surface area (Å²) >= 11 is 9.28. The lowest BCUT2D eigenvalue weighted by Gasteiger charge is -1.98. The number of imidazole rings is 1. The van der Waals surface area contributed by atoms with Gasteiger partial charge in [0.1, 0.15) is 15.4 Å². The van der Waals surface area contributed by atoms with Crippen molar-refractivity contribution in [3.05, 3.63) is 33.6 Å². The number of aromatic nitrogens is 2. The van der Waals surface area contributed by atoms with E-state index in [0.29, 0.717) is 9.76 Å². The van der Waals surface area contributed by atoms with Gasteiger partial charge >= 0.3 is 0 Å². The molecule has 0 aliphatic heterocycles. The number of halogens is 2. The van der Waals surface area contributed by atoms with Gasteiger partial charge in [0.05, 0.1) is 0 Å². The molecule has 0 aliphatic carbocycles. The van der Waals surface area contributed by atoms with Crippen molar-refractivity contribution in [1.82, 2.24) is 9.38 Å². The molecule has 4 heteroatoms. The third-order valence-electron chi connectivity index (χ3n) is 1.74. The van der Waals surface area contributed by atoms with Crippen molar-refractivity contribution in [2.75, 3.05) is 0 Å². The lowest BCUT2D eigenvalue weighted by Crippen LogP contribution is -1.88. The Morgan fingerprint density at radius 3 is 2.92 bits per heavy atom. The first-order chi connectivity index (χ1) is 5.70. The lowest BCUT2D eigenvalue weighted by molar-refractivity contribution is 1.09. The molecule has 2 nitrogen and oxygen atoms in total. The van der Waals surface area contributed by atoms with Gasteiger partial charge in [-0.1, -0.05) is 17.7 Å². The van der Waals surface area contributed by atoms with E-state index in [9.17, 15) is 0 Å². The molecule has 0 spiro atoms. The van der Waals surface area contributed by atoms with Crippen LogP contribution < -0.4 is 0 Å². The average molecular weight is 246 g/mol. The average Bonchev–Trinajstić information content (AvgIpc) is 2.29. The molecule has 0 bridgehead atoms. The van der Waals surface area contributed by atoms with Crippen LogP contribution in [0.1, 0.15) is 5.69 Å². The van der Waals surface area contributed by atoms with E-state index in [1.54, 1.807) is 0 Å². The molecule has 2 aromatic rings. The summed E-state index contributed by atoms with van der Waals surface area (Å²) in [6.45, 7) is 1.99. The Labute approximate surface area is 83.3 Å². The number of nitrogens with zero attached hydrogens (tertiary/aromatic N) is 2. The van der Waals surface area contributed by atoms with Crippen LogP contribution in [0.5, 0.6) is 0 Å². The summed E-state index contributed by atoms with van der Waals surface area (Å²) in [6.07, 6.45) is 0. The van der Waals surface area contributed by atoms with Crippen LogP contribution in [-0.2, 0) is 0 Å². The summed E-state index contributed by atoms with van der Waals surface area (Å²) in [5.41, 5.74) is 1.95. The minimum Gasteiger partial charge on any atom is -0.287 e. The maximum Gasteiger partial charge on any atom is 0.148 e. The summed E-state index contributed by atoms with van der Waals surface area (Å²) in [5.74, 6) is 0. The van der Waals surface area contributed by atoms with Crippen LogP contribution >= 0.6 is 27.5 Å². The highest BCUT2D eigenvalue weighted by Gasteiger charge is 2.07. The Bertz CT molecular complexity index is 436. The first-order valence-electron chi connectivity index (χ1n) is 3.49. The van der Waals surface area contributed by atoms with Crippen molar-refractivity contribution >= 4 is 33.2 Å². The molecule has 0 aromatic carbocycles. The van der Waals surface area contributed by atoms with E-state index >= 15 is 0 Å². The SMILES string of the molecule is Cc1cccc2nc(Br)c(Cl)n12. The van der Waals surface area contributed by atoms with Gasteiger partial charge in [-0.3, -0.25) is 4.40 Å². The zero-order chi connectivity index (χ0) is 8.72. The molecule has 62 valence electrons. The Hall–Kier alpha value is -0.540. The zero-order valence-electron chi connectivity index (χ0n) is 6.38. The number of aryl methyl sites for hydroxylation is 1. The molecule has 0 atom stereocenters. The highest BCUT2D eigenvalue weighted by atomic mass is 79.9. The van der Waals surface area contributed by atoms with Crippen molar-refractivity contribution in [2.24, 2.45) is 0 Å². The molecule has 2 rings (SSSR count). The number of pyridine rings is 1. The van der Waals surface area contributed by atoms with E-state index < -0.39 is 0 Å². The number of fused-ring (bicyclic) bond motifs is 1. The van der Waals surface area contributed by atoms with Gasteiger partial charge < -0.3 is 0 Å². The fourth-order valence-electron chi connectivity index (χ4n) is 1.18. The fraction of sp³-hybridized carbons (Fsp3) is 0.125. The van der Waals surface area contributed by atoms with Gasteiger partial charge in [0.2, 0.25) is 0 Å². The molecule has 2 heterocycles. The second-order valence-corrected chi connectivity index (χ2v) is 3.66. The minimum absolute atomic E-state index is 0.628. The molecule has 0 N–H and O–H groups in total. The van der Waals surface area contributed by atoms with Crippen molar-refractivity contribution in [3.63, 3.8) is 0 Å². The summed E-state index contributed by atoms with van der Waals surface area (Å²) in [7, 11) is 0. The number of hydrogen-bond donors (Lipinski definition) is 0. The summed E-state index contributed by atoms with van der Waals surface area (Å²) < 4.78 is 2.59. The van der Waals surface area contributed by atoms with E-state index in [1.165, 1.54) is 0 Å². The van der Waals surface area contributed by atoms with Crippen molar-refractivity contribution in [3.8, 4) is 0 Å². The second kappa shape index (κ2) is 2.75. The van der Waals surface area contributed by atoms with E-state index in [0.717, 1.165) is 11.3 Å². The summed E-state index contributed by atoms with van der Waals surface area (Å²) in [6, 6.07) is 5.87. The molecule has 0 radical (unpaired) electrons. The summed E-state index contributed by atoms with van der Waals surface area (Å²) in [4.78, 5) is 4.22. The van der Waals surface area contributed by atoms with Crippen molar-refractivity contribution in [1.29, 1.82) is 0 Å². The predicted octanol–water partition coefficient (Wildman–Crippen LogP) is 3.06. The van der Waals surface area contributed by atoms with Crippen LogP contribution in [-0.4, -0.2) is 9.38 Å². The van der Waals surface area contributed by atoms with Gasteiger partial charge in [-0.15, -0.1) is 0 Å². The van der Waals surface area contributed by atoms with Crippen LogP contribution in [0.4, 0.5) is 0 Å². The molecule has 0 amide bonds. The van der Waals surface area contributed by atoms with Crippen LogP contribution in [0.3, 0.4) is 0 Å². The van der Waals surface area contributed by atoms with Gasteiger partial charge in [-0.05, 0) is 35.0 Å². The predicted molar refractivity (Wildman–Crippen MR) is 52.6 cm³/mol. The minimum atomic E-state index is 0.628. The van der Waals surface area contributed by atoms with Gasteiger partial charge in [-0.25, -0.2) is 4.98 Å². The quantitative estimate of drug-likeness (QED) is 0.697. The van der Waals surface area contributed by atoms with E-state index in [2.05, 4.69) is 20.9 Å². The standard InChI is InChI=1S/C8H6BrClN2/c1-5-3-2-4-6-11-7(9)8(10)12(5)6/h2-4H,1H3. The second-order valence-electron chi connectivity index (χ2n) is 2.55. The van der Waals surface area contributed by atoms with Crippen LogP contribution in [0.15, 0.2) is 22.8 Å². The van der Waals surface area contributed by atoms with Gasteiger partial charge in [-0.2, -0.15) is 0 Å². The third-order valence-corrected chi connectivity index (χ3v) is 2.87. The maximum atomic E-state index is 6.00. The first-order valence-corrected chi connectivity index (χ1v) is 4.66. The van der Waals surface area contributed by atoms with Gasteiger partial charge in [0, 0.05) is 5.69 Å². The van der Waals surface area contributed by atoms with E-state index in [1.807, 2.05) is 29.5 Å². The Balaban J connectivity index is 2.97. The maximum absolute atomic E-state index is 6.00. The van der Waals surface area contributed by atoms with Crippen molar-refractivity contribution < 1.29 is 0 Å². The molecule has 2 aromatic heterocycles. The zero-order valence-corrected chi connectivity index (χ0v) is 8.72. The number of rotatable bonds is 0. The van der Waals surface area contributed by atoms with Crippen LogP contribution in [0.25, 0.3) is 5.65 Å². The molecule has 0 aliphatic rings. The Morgan fingerprint density at radius 1 is 1.50 bits per heavy atom. The normalized spacial score (nSPS) is 10.9. The first kappa shape index (κ1) is 8.08. The van der Waals surface area contributed by atoms with Crippen molar-refractivity contribution in [2.45, 2.75) is 6.92 Å². The third kappa shape index (κ3) is 1.04. The molecule has 0 unspecified atom stereocenters. The van der Waals surface area contributed by atoms with Crippen LogP contribution in [0, 0.1) is 6.92 Å². The lowest BCUT2D eigenvalue weighted by atomic mass is 10.4. The topological polar surface area (TPSA) is 17.3 Å². The molecular weight excluding hydrogens is 239 g/mol. The van der Waals surface area contributed by atoms with Gasteiger partial charge in [0.25, 0.3) is 0 Å². The van der Waals surface area contributed by atoms with Crippen LogP contribution in [0.2, 0.25) is 5.15 Å². The van der Waals surface area contributed by atoms with E-state index in [4.69, 9.17) is 11.6 Å². The van der Waals surface area contributed by atoms with Gasteiger partial charge in [0.15, 0.2) is 0 Å².